The van der Waals surface area contributed by atoms with E-state index in [4.69, 9.17) is 9.47 Å². The van der Waals surface area contributed by atoms with Crippen LogP contribution in [0.4, 0.5) is 0 Å². The fraction of sp³-hybridized carbons (Fsp3) is 0.200. The summed E-state index contributed by atoms with van der Waals surface area (Å²) in [5.41, 5.74) is 3.39. The molecule has 2 aromatic carbocycles. The average Bonchev–Trinajstić information content (AvgIpc) is 2.84. The van der Waals surface area contributed by atoms with Crippen molar-refractivity contribution < 1.29 is 19.4 Å². The Labute approximate surface area is 144 Å². The van der Waals surface area contributed by atoms with E-state index in [1.165, 1.54) is 0 Å². The van der Waals surface area contributed by atoms with Crippen LogP contribution < -0.4 is 9.47 Å². The Morgan fingerprint density at radius 1 is 1.08 bits per heavy atom. The van der Waals surface area contributed by atoms with Gasteiger partial charge in [0.15, 0.2) is 11.5 Å². The van der Waals surface area contributed by atoms with E-state index in [9.17, 15) is 9.90 Å². The number of pyridine rings is 1. The lowest BCUT2D eigenvalue weighted by molar-refractivity contribution is 0.0699. The smallest absolute Gasteiger partial charge is 0.336 e. The number of fused-ring (bicyclic) bond motifs is 2. The highest BCUT2D eigenvalue weighted by molar-refractivity contribution is 6.04. The molecule has 0 unspecified atom stereocenters. The second-order valence-electron chi connectivity index (χ2n) is 6.04. The van der Waals surface area contributed by atoms with E-state index in [1.807, 2.05) is 31.2 Å². The minimum atomic E-state index is -0.989. The van der Waals surface area contributed by atoms with Crippen molar-refractivity contribution in [1.82, 2.24) is 4.98 Å². The zero-order valence-electron chi connectivity index (χ0n) is 13.8. The maximum atomic E-state index is 11.8. The van der Waals surface area contributed by atoms with Crippen LogP contribution in [0, 0.1) is 6.92 Å². The summed E-state index contributed by atoms with van der Waals surface area (Å²) in [6.45, 7) is 3.10. The SMILES string of the molecule is Cc1ccccc1-c1cc(C(=O)O)c2cc3c(cc2n1)OCCCO3. The molecule has 25 heavy (non-hydrogen) atoms. The summed E-state index contributed by atoms with van der Waals surface area (Å²) in [6.07, 6.45) is 0.790. The summed E-state index contributed by atoms with van der Waals surface area (Å²) in [5, 5.41) is 10.2. The Morgan fingerprint density at radius 2 is 1.80 bits per heavy atom. The van der Waals surface area contributed by atoms with Crippen molar-refractivity contribution in [3.8, 4) is 22.8 Å². The minimum Gasteiger partial charge on any atom is -0.490 e. The summed E-state index contributed by atoms with van der Waals surface area (Å²) in [7, 11) is 0. The first-order chi connectivity index (χ1) is 12.1. The van der Waals surface area contributed by atoms with Gasteiger partial charge in [0, 0.05) is 23.4 Å². The lowest BCUT2D eigenvalue weighted by Crippen LogP contribution is -2.02. The van der Waals surface area contributed by atoms with Gasteiger partial charge in [0.25, 0.3) is 0 Å². The summed E-state index contributed by atoms with van der Waals surface area (Å²) in [6, 6.07) is 12.9. The first-order valence-corrected chi connectivity index (χ1v) is 8.17. The maximum Gasteiger partial charge on any atom is 0.336 e. The van der Waals surface area contributed by atoms with Crippen molar-refractivity contribution in [2.45, 2.75) is 13.3 Å². The highest BCUT2D eigenvalue weighted by Crippen LogP contribution is 2.36. The van der Waals surface area contributed by atoms with Crippen molar-refractivity contribution in [1.29, 1.82) is 0 Å². The molecule has 1 aliphatic rings. The molecule has 126 valence electrons. The monoisotopic (exact) mass is 335 g/mol. The van der Waals surface area contributed by atoms with E-state index in [2.05, 4.69) is 4.98 Å². The maximum absolute atomic E-state index is 11.8. The van der Waals surface area contributed by atoms with Crippen LogP contribution in [0.15, 0.2) is 42.5 Å². The van der Waals surface area contributed by atoms with Gasteiger partial charge >= 0.3 is 5.97 Å². The molecule has 5 heteroatoms. The molecule has 0 atom stereocenters. The number of rotatable bonds is 2. The Hall–Kier alpha value is -3.08. The molecular formula is C20H17NO4. The van der Waals surface area contributed by atoms with Gasteiger partial charge in [0.05, 0.1) is 30.0 Å². The predicted octanol–water partition coefficient (Wildman–Crippen LogP) is 4.07. The van der Waals surface area contributed by atoms with E-state index in [0.29, 0.717) is 41.3 Å². The molecule has 3 aromatic rings. The van der Waals surface area contributed by atoms with Crippen molar-refractivity contribution >= 4 is 16.9 Å². The fourth-order valence-electron chi connectivity index (χ4n) is 3.06. The lowest BCUT2D eigenvalue weighted by atomic mass is 10.0. The summed E-state index contributed by atoms with van der Waals surface area (Å²) in [5.74, 6) is 0.186. The number of carboxylic acid groups (broad SMARTS) is 1. The highest BCUT2D eigenvalue weighted by Gasteiger charge is 2.18. The molecule has 1 aromatic heterocycles. The zero-order valence-corrected chi connectivity index (χ0v) is 13.8. The van der Waals surface area contributed by atoms with Gasteiger partial charge in [0.2, 0.25) is 0 Å². The number of hydrogen-bond donors (Lipinski definition) is 1. The molecule has 0 spiro atoms. The molecule has 0 aliphatic carbocycles. The van der Waals surface area contributed by atoms with Gasteiger partial charge in [-0.1, -0.05) is 24.3 Å². The number of nitrogens with zero attached hydrogens (tertiary/aromatic N) is 1. The average molecular weight is 335 g/mol. The van der Waals surface area contributed by atoms with Crippen LogP contribution in [0.1, 0.15) is 22.3 Å². The van der Waals surface area contributed by atoms with E-state index >= 15 is 0 Å². The van der Waals surface area contributed by atoms with Gasteiger partial charge < -0.3 is 14.6 Å². The number of aromatic carboxylic acids is 1. The summed E-state index contributed by atoms with van der Waals surface area (Å²) in [4.78, 5) is 16.5. The fourth-order valence-corrected chi connectivity index (χ4v) is 3.06. The van der Waals surface area contributed by atoms with E-state index in [-0.39, 0.29) is 5.56 Å². The van der Waals surface area contributed by atoms with Crippen molar-refractivity contribution in [3.05, 3.63) is 53.6 Å². The minimum absolute atomic E-state index is 0.207. The van der Waals surface area contributed by atoms with Crippen LogP contribution in [0.3, 0.4) is 0 Å². The molecule has 0 saturated carbocycles. The van der Waals surface area contributed by atoms with Gasteiger partial charge in [-0.3, -0.25) is 0 Å². The summed E-state index contributed by atoms with van der Waals surface area (Å²) < 4.78 is 11.4. The van der Waals surface area contributed by atoms with Crippen LogP contribution in [0.25, 0.3) is 22.2 Å². The van der Waals surface area contributed by atoms with Crippen LogP contribution in [-0.2, 0) is 0 Å². The number of aryl methyl sites for hydroxylation is 1. The molecule has 5 nitrogen and oxygen atoms in total. The molecule has 0 amide bonds. The largest absolute Gasteiger partial charge is 0.490 e. The van der Waals surface area contributed by atoms with E-state index in [1.54, 1.807) is 18.2 Å². The molecule has 1 N–H and O–H groups in total. The topological polar surface area (TPSA) is 68.7 Å². The standard InChI is InChI=1S/C20H17NO4/c1-12-5-2-3-6-13(12)16-9-15(20(22)23)14-10-18-19(11-17(14)21-16)25-8-4-7-24-18/h2-3,5-6,9-11H,4,7-8H2,1H3,(H,22,23). The molecule has 0 fully saturated rings. The molecule has 1 aliphatic heterocycles. The number of hydrogen-bond acceptors (Lipinski definition) is 4. The third-order valence-corrected chi connectivity index (χ3v) is 4.33. The number of carbonyl (C=O) groups is 1. The normalized spacial score (nSPS) is 13.5. The third kappa shape index (κ3) is 2.78. The molecule has 2 heterocycles. The molecule has 0 bridgehead atoms. The van der Waals surface area contributed by atoms with Gasteiger partial charge in [0.1, 0.15) is 0 Å². The molecular weight excluding hydrogens is 318 g/mol. The van der Waals surface area contributed by atoms with Gasteiger partial charge in [-0.15, -0.1) is 0 Å². The Kier molecular flexibility index (Phi) is 3.76. The zero-order chi connectivity index (χ0) is 17.4. The second kappa shape index (κ2) is 6.09. The molecule has 0 saturated heterocycles. The van der Waals surface area contributed by atoms with Crippen LogP contribution in [-0.4, -0.2) is 29.3 Å². The van der Waals surface area contributed by atoms with Crippen LogP contribution in [0.5, 0.6) is 11.5 Å². The Morgan fingerprint density at radius 3 is 2.52 bits per heavy atom. The number of carboxylic acids is 1. The number of benzene rings is 2. The Bertz CT molecular complexity index is 981. The molecule has 4 rings (SSSR count). The second-order valence-corrected chi connectivity index (χ2v) is 6.04. The van der Waals surface area contributed by atoms with Crippen LogP contribution in [0.2, 0.25) is 0 Å². The summed E-state index contributed by atoms with van der Waals surface area (Å²) >= 11 is 0. The van der Waals surface area contributed by atoms with Gasteiger partial charge in [-0.05, 0) is 24.6 Å². The first kappa shape index (κ1) is 15.4. The number of ether oxygens (including phenoxy) is 2. The van der Waals surface area contributed by atoms with Gasteiger partial charge in [-0.25, -0.2) is 9.78 Å². The van der Waals surface area contributed by atoms with Crippen molar-refractivity contribution in [2.24, 2.45) is 0 Å². The quantitative estimate of drug-likeness (QED) is 0.764. The van der Waals surface area contributed by atoms with E-state index in [0.717, 1.165) is 17.5 Å². The van der Waals surface area contributed by atoms with Gasteiger partial charge in [-0.2, -0.15) is 0 Å². The Balaban J connectivity index is 1.99. The third-order valence-electron chi connectivity index (χ3n) is 4.33. The van der Waals surface area contributed by atoms with Crippen molar-refractivity contribution in [2.75, 3.05) is 13.2 Å². The molecule has 0 radical (unpaired) electrons. The van der Waals surface area contributed by atoms with E-state index < -0.39 is 5.97 Å². The first-order valence-electron chi connectivity index (χ1n) is 8.17. The highest BCUT2D eigenvalue weighted by atomic mass is 16.5. The lowest BCUT2D eigenvalue weighted by Gasteiger charge is -2.12. The predicted molar refractivity (Wildman–Crippen MR) is 94.5 cm³/mol. The number of aromatic nitrogens is 1. The van der Waals surface area contributed by atoms with Crippen LogP contribution >= 0.6 is 0 Å². The van der Waals surface area contributed by atoms with Crippen molar-refractivity contribution in [3.63, 3.8) is 0 Å².